The van der Waals surface area contributed by atoms with Gasteiger partial charge >= 0.3 is 0 Å². The summed E-state index contributed by atoms with van der Waals surface area (Å²) in [6, 6.07) is 17.8. The van der Waals surface area contributed by atoms with Crippen LogP contribution in [0, 0.1) is 0 Å². The minimum atomic E-state index is -0.976. The molecule has 0 radical (unpaired) electrons. The fraction of sp³-hybridized carbons (Fsp3) is 0.323. The highest BCUT2D eigenvalue weighted by atomic mass is 35.5. The van der Waals surface area contributed by atoms with E-state index in [9.17, 15) is 14.4 Å². The normalized spacial score (nSPS) is 15.9. The second-order valence-corrected chi connectivity index (χ2v) is 10.3. The summed E-state index contributed by atoms with van der Waals surface area (Å²) in [6.07, 6.45) is 4.30. The Kier molecular flexibility index (Phi) is 8.55. The van der Waals surface area contributed by atoms with Crippen molar-refractivity contribution in [3.63, 3.8) is 0 Å². The number of imide groups is 1. The maximum absolute atomic E-state index is 13.7. The molecule has 3 aromatic carbocycles. The molecule has 0 aromatic heterocycles. The predicted molar refractivity (Wildman–Crippen MR) is 151 cm³/mol. The highest BCUT2D eigenvalue weighted by Gasteiger charge is 2.44. The van der Waals surface area contributed by atoms with Gasteiger partial charge in [-0.25, -0.2) is 4.90 Å². The Labute approximate surface area is 238 Å². The lowest BCUT2D eigenvalue weighted by atomic mass is 10.1. The lowest BCUT2D eigenvalue weighted by molar-refractivity contribution is -0.122. The molecule has 0 aliphatic carbocycles. The van der Waals surface area contributed by atoms with E-state index in [-0.39, 0.29) is 31.6 Å². The Morgan fingerprint density at radius 3 is 2.48 bits per heavy atom. The summed E-state index contributed by atoms with van der Waals surface area (Å²) in [6.45, 7) is 3.00. The maximum atomic E-state index is 13.7. The second-order valence-electron chi connectivity index (χ2n) is 9.82. The first kappa shape index (κ1) is 27.5. The lowest BCUT2D eigenvalue weighted by Crippen LogP contribution is -2.45. The quantitative estimate of drug-likeness (QED) is 0.210. The molecule has 1 atom stereocenters. The highest BCUT2D eigenvalue weighted by Crippen LogP contribution is 2.34. The fourth-order valence-corrected chi connectivity index (χ4v) is 4.98. The summed E-state index contributed by atoms with van der Waals surface area (Å²) >= 11 is 6.03. The van der Waals surface area contributed by atoms with E-state index in [1.807, 2.05) is 6.07 Å². The summed E-state index contributed by atoms with van der Waals surface area (Å²) in [7, 11) is 0. The molecule has 208 valence electrons. The number of nitrogens with zero attached hydrogens (tertiary/aromatic N) is 2. The average Bonchev–Trinajstić information content (AvgIpc) is 3.55. The van der Waals surface area contributed by atoms with E-state index in [2.05, 4.69) is 6.92 Å². The predicted octanol–water partition coefficient (Wildman–Crippen LogP) is 6.00. The van der Waals surface area contributed by atoms with Gasteiger partial charge in [0.2, 0.25) is 12.7 Å². The van der Waals surface area contributed by atoms with Crippen LogP contribution in [0.25, 0.3) is 0 Å². The molecule has 9 heteroatoms. The Morgan fingerprint density at radius 1 is 0.975 bits per heavy atom. The van der Waals surface area contributed by atoms with Gasteiger partial charge in [-0.1, -0.05) is 43.9 Å². The van der Waals surface area contributed by atoms with Gasteiger partial charge in [-0.05, 0) is 72.6 Å². The summed E-state index contributed by atoms with van der Waals surface area (Å²) in [5.74, 6) is 0.655. The number of fused-ring (bicyclic) bond motifs is 1. The van der Waals surface area contributed by atoms with Crippen LogP contribution in [0.1, 0.15) is 54.9 Å². The molecule has 3 aromatic rings. The molecule has 2 aliphatic rings. The number of unbranched alkanes of at least 4 members (excludes halogenated alkanes) is 3. The van der Waals surface area contributed by atoms with Crippen molar-refractivity contribution in [2.75, 3.05) is 18.3 Å². The van der Waals surface area contributed by atoms with Crippen molar-refractivity contribution >= 4 is 35.0 Å². The summed E-state index contributed by atoms with van der Waals surface area (Å²) < 4.78 is 16.7. The number of anilines is 1. The maximum Gasteiger partial charge on any atom is 0.257 e. The zero-order valence-electron chi connectivity index (χ0n) is 22.3. The summed E-state index contributed by atoms with van der Waals surface area (Å²) in [4.78, 5) is 43.2. The van der Waals surface area contributed by atoms with Crippen LogP contribution < -0.4 is 19.1 Å². The molecule has 3 amide bonds. The Morgan fingerprint density at radius 2 is 1.73 bits per heavy atom. The number of carbonyl (C=O) groups is 3. The number of hydrogen-bond donors (Lipinski definition) is 0. The average molecular weight is 563 g/mol. The van der Waals surface area contributed by atoms with Gasteiger partial charge in [-0.3, -0.25) is 14.4 Å². The van der Waals surface area contributed by atoms with Crippen molar-refractivity contribution in [2.24, 2.45) is 0 Å². The van der Waals surface area contributed by atoms with Crippen molar-refractivity contribution in [3.05, 3.63) is 82.9 Å². The van der Waals surface area contributed by atoms with Crippen LogP contribution in [0.5, 0.6) is 17.2 Å². The van der Waals surface area contributed by atoms with E-state index in [1.165, 1.54) is 11.3 Å². The molecule has 5 rings (SSSR count). The molecule has 2 aliphatic heterocycles. The first-order valence-corrected chi connectivity index (χ1v) is 13.9. The second kappa shape index (κ2) is 12.4. The topological polar surface area (TPSA) is 85.4 Å². The first-order valence-electron chi connectivity index (χ1n) is 13.5. The number of carbonyl (C=O) groups excluding carboxylic acids is 3. The number of rotatable bonds is 11. The van der Waals surface area contributed by atoms with Crippen molar-refractivity contribution in [3.8, 4) is 17.2 Å². The third-order valence-electron chi connectivity index (χ3n) is 7.00. The van der Waals surface area contributed by atoms with Crippen molar-refractivity contribution in [2.45, 2.75) is 51.6 Å². The standard InChI is InChI=1S/C31H31ClN2O6/c1-2-3-4-5-16-38-25-13-11-24(12-14-25)34-29(35)18-26(31(34)37)33(30(36)22-7-9-23(32)10-8-22)19-21-6-15-27-28(17-21)40-20-39-27/h6-15,17,26H,2-5,16,18-20H2,1H3. The Balaban J connectivity index is 1.36. The summed E-state index contributed by atoms with van der Waals surface area (Å²) in [5.41, 5.74) is 1.55. The van der Waals surface area contributed by atoms with Crippen LogP contribution in [0.15, 0.2) is 66.7 Å². The molecule has 2 heterocycles. The zero-order valence-corrected chi connectivity index (χ0v) is 23.1. The number of benzene rings is 3. The van der Waals surface area contributed by atoms with Gasteiger partial charge in [0.05, 0.1) is 18.7 Å². The fourth-order valence-electron chi connectivity index (χ4n) is 4.86. The van der Waals surface area contributed by atoms with Crippen LogP contribution in [0.2, 0.25) is 5.02 Å². The minimum Gasteiger partial charge on any atom is -0.494 e. The van der Waals surface area contributed by atoms with Crippen LogP contribution in [0.3, 0.4) is 0 Å². The zero-order chi connectivity index (χ0) is 28.1. The third-order valence-corrected chi connectivity index (χ3v) is 7.25. The van der Waals surface area contributed by atoms with Crippen molar-refractivity contribution in [1.82, 2.24) is 4.90 Å². The van der Waals surface area contributed by atoms with Crippen LogP contribution >= 0.6 is 11.6 Å². The van der Waals surface area contributed by atoms with Crippen LogP contribution in [-0.4, -0.2) is 42.1 Å². The third kappa shape index (κ3) is 6.07. The van der Waals surface area contributed by atoms with Gasteiger partial charge in [-0.2, -0.15) is 0 Å². The molecule has 0 spiro atoms. The van der Waals surface area contributed by atoms with Crippen LogP contribution in [-0.2, 0) is 16.1 Å². The van der Waals surface area contributed by atoms with Gasteiger partial charge in [0, 0.05) is 17.1 Å². The Bertz CT molecular complexity index is 1380. The van der Waals surface area contributed by atoms with Crippen molar-refractivity contribution < 1.29 is 28.6 Å². The number of amides is 3. The number of ether oxygens (including phenoxy) is 3. The molecular formula is C31H31ClN2O6. The molecule has 8 nitrogen and oxygen atoms in total. The largest absolute Gasteiger partial charge is 0.494 e. The van der Waals surface area contributed by atoms with Gasteiger partial charge in [0.1, 0.15) is 11.8 Å². The van der Waals surface area contributed by atoms with E-state index in [0.717, 1.165) is 29.7 Å². The van der Waals surface area contributed by atoms with E-state index >= 15 is 0 Å². The SMILES string of the molecule is CCCCCCOc1ccc(N2C(=O)CC(N(Cc3ccc4c(c3)OCO4)C(=O)c3ccc(Cl)cc3)C2=O)cc1. The molecule has 1 unspecified atom stereocenters. The highest BCUT2D eigenvalue weighted by molar-refractivity contribution is 6.30. The molecular weight excluding hydrogens is 532 g/mol. The van der Waals surface area contributed by atoms with E-state index in [0.29, 0.717) is 40.1 Å². The minimum absolute atomic E-state index is 0.0977. The Hall–Kier alpha value is -4.04. The molecule has 1 saturated heterocycles. The molecule has 0 bridgehead atoms. The summed E-state index contributed by atoms with van der Waals surface area (Å²) in [5, 5.41) is 0.491. The molecule has 1 fully saturated rings. The first-order chi connectivity index (χ1) is 19.4. The number of halogens is 1. The van der Waals surface area contributed by atoms with E-state index < -0.39 is 11.9 Å². The van der Waals surface area contributed by atoms with Crippen LogP contribution in [0.4, 0.5) is 5.69 Å². The lowest BCUT2D eigenvalue weighted by Gasteiger charge is -2.28. The molecule has 0 N–H and O–H groups in total. The van der Waals surface area contributed by atoms with Gasteiger partial charge < -0.3 is 19.1 Å². The molecule has 0 saturated carbocycles. The van der Waals surface area contributed by atoms with Gasteiger partial charge in [0.15, 0.2) is 11.5 Å². The monoisotopic (exact) mass is 562 g/mol. The molecule has 40 heavy (non-hydrogen) atoms. The van der Waals surface area contributed by atoms with Gasteiger partial charge in [0.25, 0.3) is 11.8 Å². The smallest absolute Gasteiger partial charge is 0.257 e. The van der Waals surface area contributed by atoms with E-state index in [4.69, 9.17) is 25.8 Å². The van der Waals surface area contributed by atoms with Gasteiger partial charge in [-0.15, -0.1) is 0 Å². The van der Waals surface area contributed by atoms with Crippen molar-refractivity contribution in [1.29, 1.82) is 0 Å². The van der Waals surface area contributed by atoms with E-state index in [1.54, 1.807) is 60.7 Å². The number of hydrogen-bond acceptors (Lipinski definition) is 6.